The van der Waals surface area contributed by atoms with Gasteiger partial charge in [-0.25, -0.2) is 4.79 Å². The SMILES string of the molecule is CO[C@@H]1CCNC[C@@H](C(=O)NC(C#N)Cc2cc3ccc(-c4ccc5oc(=O)n(C)c5c4)cc3[nH]2)OC1. The number of aromatic nitrogens is 2. The van der Waals surface area contributed by atoms with Crippen molar-refractivity contribution in [1.29, 1.82) is 5.26 Å². The first-order chi connectivity index (χ1) is 17.9. The van der Waals surface area contributed by atoms with E-state index in [0.717, 1.165) is 46.2 Å². The Labute approximate surface area is 213 Å². The number of carbonyl (C=O) groups is 1. The molecule has 0 saturated carbocycles. The van der Waals surface area contributed by atoms with E-state index < -0.39 is 17.9 Å². The second-order valence-electron chi connectivity index (χ2n) is 9.27. The fourth-order valence-electron chi connectivity index (χ4n) is 4.61. The Morgan fingerprint density at radius 2 is 2.08 bits per heavy atom. The summed E-state index contributed by atoms with van der Waals surface area (Å²) in [4.78, 5) is 28.0. The number of carbonyl (C=O) groups excluding carboxylic acids is 1. The maximum absolute atomic E-state index is 12.8. The fraction of sp³-hybridized carbons (Fsp3) is 0.370. The van der Waals surface area contributed by atoms with E-state index in [9.17, 15) is 14.9 Å². The molecule has 10 nitrogen and oxygen atoms in total. The van der Waals surface area contributed by atoms with Crippen LogP contribution in [0.25, 0.3) is 33.1 Å². The monoisotopic (exact) mass is 503 g/mol. The van der Waals surface area contributed by atoms with E-state index in [0.29, 0.717) is 25.2 Å². The van der Waals surface area contributed by atoms with Crippen molar-refractivity contribution in [3.8, 4) is 17.2 Å². The maximum Gasteiger partial charge on any atom is 0.419 e. The molecule has 1 aliphatic rings. The predicted octanol–water partition coefficient (Wildman–Crippen LogP) is 2.22. The second-order valence-corrected chi connectivity index (χ2v) is 9.27. The minimum atomic E-state index is -0.711. The molecule has 0 bridgehead atoms. The molecule has 37 heavy (non-hydrogen) atoms. The van der Waals surface area contributed by atoms with Gasteiger partial charge >= 0.3 is 5.76 Å². The normalized spacial score (nSPS) is 19.3. The van der Waals surface area contributed by atoms with E-state index in [1.165, 1.54) is 4.57 Å². The quantitative estimate of drug-likeness (QED) is 0.367. The molecule has 1 unspecified atom stereocenters. The number of benzene rings is 2. The molecule has 5 rings (SSSR count). The summed E-state index contributed by atoms with van der Waals surface area (Å²) in [7, 11) is 3.31. The van der Waals surface area contributed by atoms with Gasteiger partial charge in [-0.1, -0.05) is 18.2 Å². The molecule has 1 amide bonds. The van der Waals surface area contributed by atoms with Gasteiger partial charge < -0.3 is 29.5 Å². The Hall–Kier alpha value is -3.91. The lowest BCUT2D eigenvalue weighted by Crippen LogP contribution is -2.49. The molecule has 1 saturated heterocycles. The maximum atomic E-state index is 12.8. The van der Waals surface area contributed by atoms with Gasteiger partial charge in [-0.05, 0) is 53.7 Å². The first-order valence-electron chi connectivity index (χ1n) is 12.2. The highest BCUT2D eigenvalue weighted by Gasteiger charge is 2.25. The molecule has 192 valence electrons. The Bertz CT molecular complexity index is 1530. The van der Waals surface area contributed by atoms with Gasteiger partial charge in [0.05, 0.1) is 24.3 Å². The van der Waals surface area contributed by atoms with Crippen LogP contribution in [-0.4, -0.2) is 60.5 Å². The summed E-state index contributed by atoms with van der Waals surface area (Å²) in [5.41, 5.74) is 4.95. The number of ether oxygens (including phenoxy) is 2. The highest BCUT2D eigenvalue weighted by Crippen LogP contribution is 2.27. The zero-order valence-electron chi connectivity index (χ0n) is 20.7. The third-order valence-electron chi connectivity index (χ3n) is 6.78. The van der Waals surface area contributed by atoms with Crippen LogP contribution in [0.15, 0.2) is 51.7 Å². The number of aromatic amines is 1. The molecule has 2 aromatic heterocycles. The van der Waals surface area contributed by atoms with Crippen LogP contribution in [0.4, 0.5) is 0 Å². The van der Waals surface area contributed by atoms with E-state index in [1.807, 2.05) is 36.4 Å². The number of hydrogen-bond acceptors (Lipinski definition) is 7. The molecule has 0 radical (unpaired) electrons. The first-order valence-corrected chi connectivity index (χ1v) is 12.2. The molecule has 10 heteroatoms. The van der Waals surface area contributed by atoms with Crippen LogP contribution in [-0.2, 0) is 27.7 Å². The summed E-state index contributed by atoms with van der Waals surface area (Å²) in [5, 5.41) is 16.7. The average Bonchev–Trinajstić information content (AvgIpc) is 3.42. The van der Waals surface area contributed by atoms with Gasteiger partial charge in [-0.2, -0.15) is 5.26 Å². The highest BCUT2D eigenvalue weighted by atomic mass is 16.5. The lowest BCUT2D eigenvalue weighted by Gasteiger charge is -2.25. The summed E-state index contributed by atoms with van der Waals surface area (Å²) in [6.45, 7) is 1.45. The largest absolute Gasteiger partial charge is 0.419 e. The summed E-state index contributed by atoms with van der Waals surface area (Å²) < 4.78 is 17.8. The molecule has 4 aromatic rings. The lowest BCUT2D eigenvalue weighted by atomic mass is 10.0. The molecule has 2 aromatic carbocycles. The smallest absolute Gasteiger partial charge is 0.408 e. The molecule has 3 atom stereocenters. The third kappa shape index (κ3) is 5.29. The number of fused-ring (bicyclic) bond motifs is 2. The summed E-state index contributed by atoms with van der Waals surface area (Å²) in [5.74, 6) is -0.717. The van der Waals surface area contributed by atoms with Crippen molar-refractivity contribution in [2.24, 2.45) is 7.05 Å². The highest BCUT2D eigenvalue weighted by molar-refractivity contribution is 5.88. The van der Waals surface area contributed by atoms with Gasteiger partial charge in [0.2, 0.25) is 0 Å². The van der Waals surface area contributed by atoms with Crippen molar-refractivity contribution in [1.82, 2.24) is 20.2 Å². The lowest BCUT2D eigenvalue weighted by molar-refractivity contribution is -0.136. The Kier molecular flexibility index (Phi) is 7.10. The second kappa shape index (κ2) is 10.6. The molecule has 3 N–H and O–H groups in total. The summed E-state index contributed by atoms with van der Waals surface area (Å²) >= 11 is 0. The van der Waals surface area contributed by atoms with Gasteiger partial charge in [0.1, 0.15) is 12.1 Å². The minimum Gasteiger partial charge on any atom is -0.408 e. The number of H-pyrrole nitrogens is 1. The summed E-state index contributed by atoms with van der Waals surface area (Å²) in [6, 6.07) is 15.1. The van der Waals surface area contributed by atoms with Crippen molar-refractivity contribution in [3.05, 3.63) is 58.7 Å². The Morgan fingerprint density at radius 3 is 2.89 bits per heavy atom. The van der Waals surface area contributed by atoms with Crippen molar-refractivity contribution < 1.29 is 18.7 Å². The molecule has 0 spiro atoms. The molecule has 1 aliphatic heterocycles. The van der Waals surface area contributed by atoms with E-state index in [2.05, 4.69) is 21.7 Å². The van der Waals surface area contributed by atoms with Crippen LogP contribution in [0.1, 0.15) is 12.1 Å². The number of oxazole rings is 1. The van der Waals surface area contributed by atoms with Gasteiger partial charge in [0.25, 0.3) is 5.91 Å². The molecular weight excluding hydrogens is 474 g/mol. The minimum absolute atomic E-state index is 0.0698. The van der Waals surface area contributed by atoms with Crippen molar-refractivity contribution in [2.45, 2.75) is 31.1 Å². The Balaban J connectivity index is 1.29. The average molecular weight is 504 g/mol. The summed E-state index contributed by atoms with van der Waals surface area (Å²) in [6.07, 6.45) is 0.382. The standard InChI is InChI=1S/C27H29N5O5/c1-32-23-11-17(5-6-24(23)37-27(32)34)16-3-4-18-9-19(30-22(18)10-16)12-20(13-28)31-26(33)25-14-29-8-7-21(35-2)15-36-25/h3-6,9-11,20-21,25,29-30H,7-8,12,14-15H2,1-2H3,(H,31,33)/t20?,21-,25+/m1/s1. The van der Waals surface area contributed by atoms with E-state index in [4.69, 9.17) is 13.9 Å². The number of nitriles is 1. The van der Waals surface area contributed by atoms with Gasteiger partial charge in [-0.3, -0.25) is 9.36 Å². The van der Waals surface area contributed by atoms with Gasteiger partial charge in [-0.15, -0.1) is 0 Å². The number of nitrogens with zero attached hydrogens (tertiary/aromatic N) is 2. The molecule has 1 fully saturated rings. The van der Waals surface area contributed by atoms with Gasteiger partial charge in [0, 0.05) is 38.3 Å². The van der Waals surface area contributed by atoms with Crippen molar-refractivity contribution in [2.75, 3.05) is 26.8 Å². The number of hydrogen-bond donors (Lipinski definition) is 3. The first kappa shape index (κ1) is 24.8. The predicted molar refractivity (Wildman–Crippen MR) is 138 cm³/mol. The Morgan fingerprint density at radius 1 is 1.27 bits per heavy atom. The van der Waals surface area contributed by atoms with Crippen LogP contribution >= 0.6 is 0 Å². The zero-order valence-corrected chi connectivity index (χ0v) is 20.7. The number of nitrogens with one attached hydrogen (secondary N) is 3. The van der Waals surface area contributed by atoms with E-state index in [-0.39, 0.29) is 12.0 Å². The topological polar surface area (TPSA) is 134 Å². The molecular formula is C27H29N5O5. The molecule has 3 heterocycles. The fourth-order valence-corrected chi connectivity index (χ4v) is 4.61. The number of amides is 1. The van der Waals surface area contributed by atoms with Crippen LogP contribution in [0.3, 0.4) is 0 Å². The zero-order chi connectivity index (χ0) is 25.9. The number of rotatable bonds is 6. The van der Waals surface area contributed by atoms with Crippen LogP contribution in [0.2, 0.25) is 0 Å². The van der Waals surface area contributed by atoms with Gasteiger partial charge in [0.15, 0.2) is 5.58 Å². The molecule has 0 aliphatic carbocycles. The van der Waals surface area contributed by atoms with Crippen LogP contribution < -0.4 is 16.4 Å². The van der Waals surface area contributed by atoms with E-state index in [1.54, 1.807) is 20.2 Å². The van der Waals surface area contributed by atoms with Crippen molar-refractivity contribution in [3.63, 3.8) is 0 Å². The number of aryl methyl sites for hydroxylation is 1. The van der Waals surface area contributed by atoms with Crippen molar-refractivity contribution >= 4 is 27.9 Å². The van der Waals surface area contributed by atoms with Crippen LogP contribution in [0.5, 0.6) is 0 Å². The number of methoxy groups -OCH3 is 1. The van der Waals surface area contributed by atoms with E-state index >= 15 is 0 Å². The third-order valence-corrected chi connectivity index (χ3v) is 6.78. The van der Waals surface area contributed by atoms with Crippen LogP contribution in [0, 0.1) is 11.3 Å².